The Morgan fingerprint density at radius 1 is 0.909 bits per heavy atom. The number of non-ortho nitro benzene ring substituents is 1. The third-order valence-corrected chi connectivity index (χ3v) is 8.01. The van der Waals surface area contributed by atoms with Crippen molar-refractivity contribution in [2.24, 2.45) is 0 Å². The number of benzene rings is 3. The predicted molar refractivity (Wildman–Crippen MR) is 124 cm³/mol. The Labute approximate surface area is 193 Å². The molecular weight excluding hydrogens is 462 g/mol. The van der Waals surface area contributed by atoms with E-state index in [-0.39, 0.29) is 25.8 Å². The van der Waals surface area contributed by atoms with Gasteiger partial charge in [-0.25, -0.2) is 13.4 Å². The summed E-state index contributed by atoms with van der Waals surface area (Å²) in [5.41, 5.74) is 1.37. The number of thiazole rings is 1. The van der Waals surface area contributed by atoms with Crippen LogP contribution >= 0.6 is 11.3 Å². The number of carbonyl (C=O) groups excluding carboxylic acids is 1. The number of aromatic nitrogens is 1. The van der Waals surface area contributed by atoms with Crippen molar-refractivity contribution < 1.29 is 18.1 Å². The summed E-state index contributed by atoms with van der Waals surface area (Å²) in [5.74, 6) is -0.952. The van der Waals surface area contributed by atoms with Crippen molar-refractivity contribution in [3.8, 4) is 0 Å². The molecule has 0 spiro atoms. The van der Waals surface area contributed by atoms with Gasteiger partial charge >= 0.3 is 0 Å². The maximum atomic E-state index is 13.2. The molecule has 166 valence electrons. The van der Waals surface area contributed by atoms with Crippen LogP contribution < -0.4 is 5.32 Å². The summed E-state index contributed by atoms with van der Waals surface area (Å²) in [4.78, 5) is 27.4. The number of carbonyl (C=O) groups is 1. The van der Waals surface area contributed by atoms with E-state index in [1.165, 1.54) is 12.1 Å². The highest BCUT2D eigenvalue weighted by Gasteiger charge is 2.26. The highest BCUT2D eigenvalue weighted by atomic mass is 32.2. The summed E-state index contributed by atoms with van der Waals surface area (Å²) in [6.07, 6.45) is 1.16. The molecule has 0 aliphatic heterocycles. The minimum atomic E-state index is -3.94. The van der Waals surface area contributed by atoms with Crippen LogP contribution in [0.15, 0.2) is 100 Å². The average molecular weight is 480 g/mol. The van der Waals surface area contributed by atoms with Crippen LogP contribution in [0.1, 0.15) is 17.0 Å². The van der Waals surface area contributed by atoms with E-state index in [1.54, 1.807) is 0 Å². The SMILES string of the molecule is O=C(Nc1ncc(S(=O)(=O)c2ccc([N+](=O)[O-])cc2)s1)C(c1ccccc1)c1ccccc1. The molecule has 33 heavy (non-hydrogen) atoms. The van der Waals surface area contributed by atoms with Crippen LogP contribution in [-0.4, -0.2) is 24.2 Å². The summed E-state index contributed by atoms with van der Waals surface area (Å²) in [7, 11) is -3.94. The molecule has 1 N–H and O–H groups in total. The van der Waals surface area contributed by atoms with E-state index in [0.29, 0.717) is 0 Å². The lowest BCUT2D eigenvalue weighted by atomic mass is 9.90. The first-order chi connectivity index (χ1) is 15.9. The Morgan fingerprint density at radius 2 is 1.45 bits per heavy atom. The number of hydrogen-bond acceptors (Lipinski definition) is 7. The molecule has 10 heteroatoms. The lowest BCUT2D eigenvalue weighted by Crippen LogP contribution is -2.22. The van der Waals surface area contributed by atoms with Crippen LogP contribution in [0.2, 0.25) is 0 Å². The fourth-order valence-corrected chi connectivity index (χ4v) is 5.70. The number of nitrogens with one attached hydrogen (secondary N) is 1. The van der Waals surface area contributed by atoms with Gasteiger partial charge in [0.15, 0.2) is 5.13 Å². The third kappa shape index (κ3) is 4.81. The molecule has 0 saturated heterocycles. The van der Waals surface area contributed by atoms with Crippen molar-refractivity contribution in [3.05, 3.63) is 112 Å². The van der Waals surface area contributed by atoms with Gasteiger partial charge < -0.3 is 5.32 Å². The summed E-state index contributed by atoms with van der Waals surface area (Å²) in [6, 6.07) is 23.1. The van der Waals surface area contributed by atoms with E-state index in [2.05, 4.69) is 10.3 Å². The second-order valence-corrected chi connectivity index (χ2v) is 10.2. The summed E-state index contributed by atoms with van der Waals surface area (Å²) in [6.45, 7) is 0. The van der Waals surface area contributed by atoms with Gasteiger partial charge in [0.1, 0.15) is 4.21 Å². The van der Waals surface area contributed by atoms with Crippen molar-refractivity contribution in [3.63, 3.8) is 0 Å². The maximum absolute atomic E-state index is 13.2. The first kappa shape index (κ1) is 22.3. The largest absolute Gasteiger partial charge is 0.301 e. The Bertz CT molecular complexity index is 1350. The number of rotatable bonds is 7. The number of hydrogen-bond donors (Lipinski definition) is 1. The van der Waals surface area contributed by atoms with Crippen molar-refractivity contribution >= 4 is 37.9 Å². The number of sulfone groups is 1. The molecule has 0 unspecified atom stereocenters. The van der Waals surface area contributed by atoms with Crippen LogP contribution in [0.25, 0.3) is 0 Å². The monoisotopic (exact) mass is 479 g/mol. The van der Waals surface area contributed by atoms with Gasteiger partial charge in [-0.3, -0.25) is 14.9 Å². The van der Waals surface area contributed by atoms with Crippen LogP contribution in [0.4, 0.5) is 10.8 Å². The Kier molecular flexibility index (Phi) is 6.29. The second kappa shape index (κ2) is 9.31. The number of anilines is 1. The van der Waals surface area contributed by atoms with Crippen LogP contribution in [0.5, 0.6) is 0 Å². The van der Waals surface area contributed by atoms with Crippen LogP contribution in [0, 0.1) is 10.1 Å². The molecule has 0 aliphatic rings. The summed E-state index contributed by atoms with van der Waals surface area (Å²) >= 11 is 0.816. The number of nitro benzene ring substituents is 1. The normalized spacial score (nSPS) is 11.3. The molecule has 0 saturated carbocycles. The van der Waals surface area contributed by atoms with Gasteiger partial charge in [-0.1, -0.05) is 72.0 Å². The summed E-state index contributed by atoms with van der Waals surface area (Å²) in [5, 5.41) is 13.7. The van der Waals surface area contributed by atoms with Gasteiger partial charge in [-0.15, -0.1) is 0 Å². The lowest BCUT2D eigenvalue weighted by molar-refractivity contribution is -0.384. The van der Waals surface area contributed by atoms with Crippen molar-refractivity contribution in [2.45, 2.75) is 15.0 Å². The van der Waals surface area contributed by atoms with Gasteiger partial charge in [0.05, 0.1) is 21.9 Å². The molecule has 0 atom stereocenters. The quantitative estimate of drug-likeness (QED) is 0.304. The van der Waals surface area contributed by atoms with Crippen LogP contribution in [-0.2, 0) is 14.6 Å². The summed E-state index contributed by atoms with van der Waals surface area (Å²) < 4.78 is 25.7. The smallest absolute Gasteiger partial charge is 0.269 e. The van der Waals surface area contributed by atoms with E-state index < -0.39 is 20.7 Å². The molecule has 0 aliphatic carbocycles. The number of nitrogens with zero attached hydrogens (tertiary/aromatic N) is 2. The number of amides is 1. The maximum Gasteiger partial charge on any atom is 0.269 e. The molecule has 0 fully saturated rings. The zero-order valence-electron chi connectivity index (χ0n) is 17.0. The minimum Gasteiger partial charge on any atom is -0.301 e. The van der Waals surface area contributed by atoms with Gasteiger partial charge in [-0.05, 0) is 23.3 Å². The molecule has 8 nitrogen and oxygen atoms in total. The Balaban J connectivity index is 1.59. The second-order valence-electron chi connectivity index (χ2n) is 6.98. The molecule has 1 amide bonds. The zero-order valence-corrected chi connectivity index (χ0v) is 18.6. The molecular formula is C23H17N3O5S2. The minimum absolute atomic E-state index is 0.0809. The molecule has 4 rings (SSSR count). The van der Waals surface area contributed by atoms with Crippen molar-refractivity contribution in [1.82, 2.24) is 4.98 Å². The Hall–Kier alpha value is -3.89. The first-order valence-electron chi connectivity index (χ1n) is 9.72. The Morgan fingerprint density at radius 3 is 1.97 bits per heavy atom. The molecule has 1 heterocycles. The van der Waals surface area contributed by atoms with Crippen molar-refractivity contribution in [1.29, 1.82) is 0 Å². The highest BCUT2D eigenvalue weighted by molar-refractivity contribution is 7.93. The fourth-order valence-electron chi connectivity index (χ4n) is 3.27. The first-order valence-corrected chi connectivity index (χ1v) is 12.0. The molecule has 4 aromatic rings. The van der Waals surface area contributed by atoms with Gasteiger partial charge in [-0.2, -0.15) is 0 Å². The standard InChI is InChI=1S/C23H17N3O5S2/c27-22(21(16-7-3-1-4-8-16)17-9-5-2-6-10-17)25-23-24-15-20(32-23)33(30,31)19-13-11-18(12-14-19)26(28)29/h1-15,21H,(H,24,25,27). The molecule has 0 radical (unpaired) electrons. The highest BCUT2D eigenvalue weighted by Crippen LogP contribution is 2.31. The third-order valence-electron chi connectivity index (χ3n) is 4.87. The topological polar surface area (TPSA) is 119 Å². The zero-order chi connectivity index (χ0) is 23.4. The van der Waals surface area contributed by atoms with E-state index in [1.807, 2.05) is 60.7 Å². The molecule has 1 aromatic heterocycles. The van der Waals surface area contributed by atoms with E-state index in [4.69, 9.17) is 0 Å². The number of nitro groups is 1. The van der Waals surface area contributed by atoms with E-state index in [0.717, 1.165) is 40.8 Å². The van der Waals surface area contributed by atoms with Gasteiger partial charge in [0.2, 0.25) is 15.7 Å². The van der Waals surface area contributed by atoms with E-state index in [9.17, 15) is 23.3 Å². The lowest BCUT2D eigenvalue weighted by Gasteiger charge is -2.17. The molecule has 0 bridgehead atoms. The predicted octanol–water partition coefficient (Wildman–Crippen LogP) is 4.65. The van der Waals surface area contributed by atoms with Crippen LogP contribution in [0.3, 0.4) is 0 Å². The average Bonchev–Trinajstić information content (AvgIpc) is 3.30. The van der Waals surface area contributed by atoms with Gasteiger partial charge in [0, 0.05) is 12.1 Å². The fraction of sp³-hybridized carbons (Fsp3) is 0.0435. The van der Waals surface area contributed by atoms with Gasteiger partial charge in [0.25, 0.3) is 5.69 Å². The van der Waals surface area contributed by atoms with Crippen molar-refractivity contribution in [2.75, 3.05) is 5.32 Å². The van der Waals surface area contributed by atoms with E-state index >= 15 is 0 Å². The molecule has 3 aromatic carbocycles.